The van der Waals surface area contributed by atoms with Crippen molar-refractivity contribution in [3.8, 4) is 11.3 Å². The molecule has 0 aliphatic rings. The number of aromatic nitrogens is 5. The van der Waals surface area contributed by atoms with Crippen LogP contribution in [-0.4, -0.2) is 31.3 Å². The number of H-pyrrole nitrogens is 2. The average molecular weight is 310 g/mol. The molecular weight excluding hydrogens is 292 g/mol. The average Bonchev–Trinajstić information content (AvgIpc) is 3.17. The fraction of sp³-hybridized carbons (Fsp3) is 0.250. The molecule has 7 heteroatoms. The van der Waals surface area contributed by atoms with E-state index >= 15 is 0 Å². The second-order valence-electron chi connectivity index (χ2n) is 5.73. The highest BCUT2D eigenvalue weighted by atomic mass is 16.2. The third kappa shape index (κ3) is 3.63. The molecule has 0 spiro atoms. The molecule has 0 radical (unpaired) electrons. The van der Waals surface area contributed by atoms with Gasteiger partial charge in [-0.3, -0.25) is 20.0 Å². The monoisotopic (exact) mass is 310 g/mol. The van der Waals surface area contributed by atoms with Gasteiger partial charge in [0.25, 0.3) is 5.91 Å². The lowest BCUT2D eigenvalue weighted by Gasteiger charge is -1.99. The number of carbonyl (C=O) groups is 1. The highest BCUT2D eigenvalue weighted by Gasteiger charge is 2.13. The summed E-state index contributed by atoms with van der Waals surface area (Å²) in [5.74, 6) is 0.667. The minimum atomic E-state index is -0.288. The maximum atomic E-state index is 12.2. The van der Waals surface area contributed by atoms with Gasteiger partial charge in [-0.2, -0.15) is 10.2 Å². The van der Waals surface area contributed by atoms with Gasteiger partial charge in [-0.25, -0.2) is 0 Å². The lowest BCUT2D eigenvalue weighted by Crippen LogP contribution is -2.12. The fourth-order valence-corrected chi connectivity index (χ4v) is 2.27. The van der Waals surface area contributed by atoms with Crippen molar-refractivity contribution in [2.24, 2.45) is 5.92 Å². The summed E-state index contributed by atoms with van der Waals surface area (Å²) >= 11 is 0. The van der Waals surface area contributed by atoms with Gasteiger partial charge in [-0.1, -0.05) is 13.8 Å². The van der Waals surface area contributed by atoms with E-state index in [0.717, 1.165) is 23.4 Å². The van der Waals surface area contributed by atoms with E-state index in [0.29, 0.717) is 17.4 Å². The van der Waals surface area contributed by atoms with E-state index in [1.807, 2.05) is 12.1 Å². The Bertz CT molecular complexity index is 790. The van der Waals surface area contributed by atoms with Gasteiger partial charge in [0.05, 0.1) is 5.69 Å². The molecule has 1 amide bonds. The number of rotatable bonds is 5. The van der Waals surface area contributed by atoms with E-state index in [9.17, 15) is 4.79 Å². The van der Waals surface area contributed by atoms with E-state index < -0.39 is 0 Å². The van der Waals surface area contributed by atoms with Gasteiger partial charge in [-0.05, 0) is 30.5 Å². The third-order valence-electron chi connectivity index (χ3n) is 3.30. The molecule has 7 nitrogen and oxygen atoms in total. The summed E-state index contributed by atoms with van der Waals surface area (Å²) < 4.78 is 0. The summed E-state index contributed by atoms with van der Waals surface area (Å²) in [6.45, 7) is 4.23. The maximum Gasteiger partial charge on any atom is 0.277 e. The van der Waals surface area contributed by atoms with Crippen LogP contribution < -0.4 is 5.32 Å². The van der Waals surface area contributed by atoms with Crippen LogP contribution in [0.5, 0.6) is 0 Å². The van der Waals surface area contributed by atoms with Crippen molar-refractivity contribution in [1.82, 2.24) is 25.4 Å². The van der Waals surface area contributed by atoms with Gasteiger partial charge < -0.3 is 5.32 Å². The molecule has 3 rings (SSSR count). The quantitative estimate of drug-likeness (QED) is 0.674. The number of aromatic amines is 2. The fourth-order valence-electron chi connectivity index (χ4n) is 2.27. The van der Waals surface area contributed by atoms with Crippen molar-refractivity contribution >= 4 is 11.7 Å². The minimum absolute atomic E-state index is 0.288. The molecule has 118 valence electrons. The van der Waals surface area contributed by atoms with Crippen molar-refractivity contribution in [1.29, 1.82) is 0 Å². The lowest BCUT2D eigenvalue weighted by atomic mass is 10.1. The van der Waals surface area contributed by atoms with Gasteiger partial charge in [-0.15, -0.1) is 0 Å². The molecule has 0 bridgehead atoms. The Morgan fingerprint density at radius 2 is 1.96 bits per heavy atom. The van der Waals surface area contributed by atoms with Crippen molar-refractivity contribution < 1.29 is 4.79 Å². The van der Waals surface area contributed by atoms with Crippen LogP contribution in [0.25, 0.3) is 11.3 Å². The molecule has 3 aromatic rings. The van der Waals surface area contributed by atoms with E-state index in [2.05, 4.69) is 44.5 Å². The van der Waals surface area contributed by atoms with Gasteiger partial charge in [0.2, 0.25) is 0 Å². The Morgan fingerprint density at radius 1 is 1.17 bits per heavy atom. The summed E-state index contributed by atoms with van der Waals surface area (Å²) in [4.78, 5) is 16.2. The standard InChI is InChI=1S/C16H18N6O/c1-10(2)7-12-8-14(21-19-12)16(23)18-15-9-13(20-22-15)11-3-5-17-6-4-11/h3-6,8-10H,7H2,1-2H3,(H,19,21)(H2,18,20,22,23). The second kappa shape index (κ2) is 6.43. The summed E-state index contributed by atoms with van der Waals surface area (Å²) in [6, 6.07) is 7.27. The van der Waals surface area contributed by atoms with E-state index in [4.69, 9.17) is 0 Å². The van der Waals surface area contributed by atoms with Crippen molar-refractivity contribution in [2.45, 2.75) is 20.3 Å². The van der Waals surface area contributed by atoms with E-state index in [1.165, 1.54) is 0 Å². The molecule has 0 aliphatic carbocycles. The van der Waals surface area contributed by atoms with Crippen LogP contribution in [0.2, 0.25) is 0 Å². The number of hydrogen-bond donors (Lipinski definition) is 3. The topological polar surface area (TPSA) is 99.3 Å². The molecule has 0 fully saturated rings. The first-order valence-electron chi connectivity index (χ1n) is 7.43. The number of amides is 1. The Morgan fingerprint density at radius 3 is 2.70 bits per heavy atom. The van der Waals surface area contributed by atoms with Gasteiger partial charge in [0.1, 0.15) is 0 Å². The van der Waals surface area contributed by atoms with Crippen LogP contribution in [0.3, 0.4) is 0 Å². The molecule has 0 atom stereocenters. The molecule has 0 saturated carbocycles. The predicted molar refractivity (Wildman–Crippen MR) is 86.9 cm³/mol. The molecule has 0 saturated heterocycles. The molecule has 0 unspecified atom stereocenters. The summed E-state index contributed by atoms with van der Waals surface area (Å²) in [5, 5.41) is 16.7. The second-order valence-corrected chi connectivity index (χ2v) is 5.73. The molecule has 3 N–H and O–H groups in total. The van der Waals surface area contributed by atoms with Crippen LogP contribution in [0.4, 0.5) is 5.82 Å². The van der Waals surface area contributed by atoms with Crippen molar-refractivity contribution in [2.75, 3.05) is 5.32 Å². The summed E-state index contributed by atoms with van der Waals surface area (Å²) in [5.41, 5.74) is 3.07. The van der Waals surface area contributed by atoms with Gasteiger partial charge in [0, 0.05) is 29.7 Å². The van der Waals surface area contributed by atoms with Gasteiger partial charge in [0.15, 0.2) is 11.5 Å². The van der Waals surface area contributed by atoms with E-state index in [1.54, 1.807) is 24.5 Å². The number of nitrogens with one attached hydrogen (secondary N) is 3. The molecule has 0 aliphatic heterocycles. The first-order chi connectivity index (χ1) is 11.1. The highest BCUT2D eigenvalue weighted by molar-refractivity contribution is 6.02. The van der Waals surface area contributed by atoms with Crippen LogP contribution in [0.15, 0.2) is 36.7 Å². The summed E-state index contributed by atoms with van der Waals surface area (Å²) in [7, 11) is 0. The van der Waals surface area contributed by atoms with Crippen LogP contribution in [0, 0.1) is 5.92 Å². The minimum Gasteiger partial charge on any atom is -0.304 e. The van der Waals surface area contributed by atoms with Crippen LogP contribution in [0.1, 0.15) is 30.0 Å². The number of hydrogen-bond acceptors (Lipinski definition) is 4. The van der Waals surface area contributed by atoms with Crippen molar-refractivity contribution in [3.63, 3.8) is 0 Å². The largest absolute Gasteiger partial charge is 0.304 e. The molecular formula is C16H18N6O. The van der Waals surface area contributed by atoms with Gasteiger partial charge >= 0.3 is 0 Å². The molecule has 23 heavy (non-hydrogen) atoms. The third-order valence-corrected chi connectivity index (χ3v) is 3.30. The Kier molecular flexibility index (Phi) is 4.18. The van der Waals surface area contributed by atoms with E-state index in [-0.39, 0.29) is 5.91 Å². The van der Waals surface area contributed by atoms with Crippen LogP contribution in [-0.2, 0) is 6.42 Å². The first-order valence-corrected chi connectivity index (χ1v) is 7.43. The zero-order chi connectivity index (χ0) is 16.2. The zero-order valence-electron chi connectivity index (χ0n) is 13.0. The SMILES string of the molecule is CC(C)Cc1cc(C(=O)Nc2cc(-c3ccncc3)[nH]n2)n[nH]1. The maximum absolute atomic E-state index is 12.2. The smallest absolute Gasteiger partial charge is 0.277 e. The number of anilines is 1. The first kappa shape index (κ1) is 15.0. The Labute approximate surface area is 133 Å². The molecule has 3 aromatic heterocycles. The molecule has 0 aromatic carbocycles. The Hall–Kier alpha value is -2.96. The lowest BCUT2D eigenvalue weighted by molar-refractivity contribution is 0.102. The highest BCUT2D eigenvalue weighted by Crippen LogP contribution is 2.19. The predicted octanol–water partition coefficient (Wildman–Crippen LogP) is 2.65. The van der Waals surface area contributed by atoms with Crippen molar-refractivity contribution in [3.05, 3.63) is 48.0 Å². The van der Waals surface area contributed by atoms with Crippen LogP contribution >= 0.6 is 0 Å². The summed E-state index contributed by atoms with van der Waals surface area (Å²) in [6.07, 6.45) is 4.26. The number of pyridine rings is 1. The number of nitrogens with zero attached hydrogens (tertiary/aromatic N) is 3. The Balaban J connectivity index is 1.69. The number of carbonyl (C=O) groups excluding carboxylic acids is 1. The zero-order valence-corrected chi connectivity index (χ0v) is 13.0. The normalized spacial score (nSPS) is 10.9. The molecule has 3 heterocycles.